The summed E-state index contributed by atoms with van der Waals surface area (Å²) in [5, 5.41) is 7.52. The van der Waals surface area contributed by atoms with Gasteiger partial charge in [0, 0.05) is 0 Å². The molecular weight excluding hydrogens is 204 g/mol. The van der Waals surface area contributed by atoms with Crippen molar-refractivity contribution in [3.8, 4) is 5.75 Å². The molecule has 16 heavy (non-hydrogen) atoms. The summed E-state index contributed by atoms with van der Waals surface area (Å²) in [6.07, 6.45) is 1.68. The Morgan fingerprint density at radius 1 is 1.44 bits per heavy atom. The lowest BCUT2D eigenvalue weighted by Gasteiger charge is -2.06. The summed E-state index contributed by atoms with van der Waals surface area (Å²) in [4.78, 5) is 0. The van der Waals surface area contributed by atoms with E-state index in [1.54, 1.807) is 10.9 Å². The van der Waals surface area contributed by atoms with E-state index in [2.05, 4.69) is 10.3 Å². The lowest BCUT2D eigenvalue weighted by molar-refractivity contribution is 0.289. The second kappa shape index (κ2) is 4.65. The Kier molecular flexibility index (Phi) is 3.05. The Bertz CT molecular complexity index is 467. The van der Waals surface area contributed by atoms with Crippen LogP contribution in [0.1, 0.15) is 5.56 Å². The van der Waals surface area contributed by atoms with Gasteiger partial charge in [0.1, 0.15) is 12.4 Å². The number of rotatable bonds is 4. The second-order valence-electron chi connectivity index (χ2n) is 3.57. The smallest absolute Gasteiger partial charge is 0.165 e. The number of anilines is 1. The molecule has 0 saturated heterocycles. The molecule has 5 nitrogen and oxygen atoms in total. The summed E-state index contributed by atoms with van der Waals surface area (Å²) in [5.41, 5.74) is 6.63. The molecule has 0 radical (unpaired) electrons. The zero-order valence-electron chi connectivity index (χ0n) is 9.13. The van der Waals surface area contributed by atoms with E-state index in [0.717, 1.165) is 5.75 Å². The largest absolute Gasteiger partial charge is 0.492 e. The van der Waals surface area contributed by atoms with Crippen LogP contribution in [0.25, 0.3) is 0 Å². The topological polar surface area (TPSA) is 66.0 Å². The highest BCUT2D eigenvalue weighted by Gasteiger charge is 1.97. The number of aromatic nitrogens is 3. The number of nitrogens with two attached hydrogens (primary N) is 1. The summed E-state index contributed by atoms with van der Waals surface area (Å²) >= 11 is 0. The van der Waals surface area contributed by atoms with Crippen LogP contribution in [0.5, 0.6) is 5.75 Å². The molecule has 0 bridgehead atoms. The van der Waals surface area contributed by atoms with Crippen molar-refractivity contribution in [3.05, 3.63) is 36.0 Å². The van der Waals surface area contributed by atoms with E-state index >= 15 is 0 Å². The highest BCUT2D eigenvalue weighted by molar-refractivity contribution is 5.27. The second-order valence-corrected chi connectivity index (χ2v) is 3.57. The molecule has 1 aromatic carbocycles. The number of ether oxygens (including phenoxy) is 1. The molecule has 0 saturated carbocycles. The van der Waals surface area contributed by atoms with E-state index in [9.17, 15) is 0 Å². The lowest BCUT2D eigenvalue weighted by Crippen LogP contribution is -2.08. The molecule has 0 aliphatic rings. The molecule has 0 spiro atoms. The van der Waals surface area contributed by atoms with Crippen molar-refractivity contribution in [2.45, 2.75) is 13.5 Å². The lowest BCUT2D eigenvalue weighted by atomic mass is 10.2. The molecule has 5 heteroatoms. The molecule has 2 rings (SSSR count). The Balaban J connectivity index is 1.84. The third-order valence-electron chi connectivity index (χ3n) is 2.14. The van der Waals surface area contributed by atoms with Gasteiger partial charge in [0.25, 0.3) is 0 Å². The van der Waals surface area contributed by atoms with Crippen molar-refractivity contribution in [3.63, 3.8) is 0 Å². The Hall–Kier alpha value is -2.04. The number of hydrogen-bond donors (Lipinski definition) is 1. The zero-order chi connectivity index (χ0) is 11.4. The molecule has 0 fully saturated rings. The molecule has 0 aliphatic heterocycles. The third-order valence-corrected chi connectivity index (χ3v) is 2.14. The third kappa shape index (κ3) is 2.73. The highest BCUT2D eigenvalue weighted by Crippen LogP contribution is 2.12. The molecule has 1 aromatic heterocycles. The van der Waals surface area contributed by atoms with Crippen LogP contribution in [0, 0.1) is 6.92 Å². The maximum absolute atomic E-state index is 5.57. The number of benzene rings is 1. The van der Waals surface area contributed by atoms with Crippen LogP contribution in [0.15, 0.2) is 30.5 Å². The first-order valence-electron chi connectivity index (χ1n) is 5.09. The van der Waals surface area contributed by atoms with Gasteiger partial charge in [-0.3, -0.25) is 0 Å². The van der Waals surface area contributed by atoms with Gasteiger partial charge in [-0.2, -0.15) is 0 Å². The van der Waals surface area contributed by atoms with E-state index in [1.165, 1.54) is 5.56 Å². The average molecular weight is 218 g/mol. The van der Waals surface area contributed by atoms with Gasteiger partial charge in [-0.15, -0.1) is 5.10 Å². The number of aryl methyl sites for hydroxylation is 1. The summed E-state index contributed by atoms with van der Waals surface area (Å²) in [7, 11) is 0. The van der Waals surface area contributed by atoms with E-state index in [1.807, 2.05) is 31.2 Å². The number of nitrogen functional groups attached to an aromatic ring is 1. The minimum absolute atomic E-state index is 0.426. The van der Waals surface area contributed by atoms with Crippen molar-refractivity contribution in [2.24, 2.45) is 0 Å². The molecule has 1 heterocycles. The normalized spacial score (nSPS) is 10.3. The predicted molar refractivity (Wildman–Crippen MR) is 61.1 cm³/mol. The molecule has 0 amide bonds. The van der Waals surface area contributed by atoms with Crippen molar-refractivity contribution in [2.75, 3.05) is 12.3 Å². The monoisotopic (exact) mass is 218 g/mol. The quantitative estimate of drug-likeness (QED) is 0.838. The first kappa shape index (κ1) is 10.5. The summed E-state index contributed by atoms with van der Waals surface area (Å²) in [5.74, 6) is 1.30. The van der Waals surface area contributed by atoms with Crippen molar-refractivity contribution >= 4 is 5.82 Å². The maximum Gasteiger partial charge on any atom is 0.165 e. The van der Waals surface area contributed by atoms with Crippen molar-refractivity contribution in [1.29, 1.82) is 0 Å². The average Bonchev–Trinajstić information content (AvgIpc) is 2.64. The van der Waals surface area contributed by atoms with Crippen LogP contribution < -0.4 is 10.5 Å². The molecule has 2 aromatic rings. The van der Waals surface area contributed by atoms with Crippen molar-refractivity contribution < 1.29 is 4.74 Å². The van der Waals surface area contributed by atoms with Gasteiger partial charge in [0.2, 0.25) is 0 Å². The number of nitrogens with zero attached hydrogens (tertiary/aromatic N) is 3. The number of hydrogen-bond acceptors (Lipinski definition) is 4. The molecular formula is C11H14N4O. The Morgan fingerprint density at radius 2 is 2.31 bits per heavy atom. The standard InChI is InChI=1S/C11H14N4O/c1-9-3-2-4-10(7-9)16-6-5-15-8-11(12)13-14-15/h2-4,7-8H,5-6,12H2,1H3. The van der Waals surface area contributed by atoms with E-state index in [-0.39, 0.29) is 0 Å². The van der Waals surface area contributed by atoms with Crippen LogP contribution in [-0.2, 0) is 6.54 Å². The van der Waals surface area contributed by atoms with Gasteiger partial charge in [-0.1, -0.05) is 17.3 Å². The van der Waals surface area contributed by atoms with Crippen LogP contribution in [0.4, 0.5) is 5.82 Å². The van der Waals surface area contributed by atoms with Crippen LogP contribution in [0.2, 0.25) is 0 Å². The minimum Gasteiger partial charge on any atom is -0.492 e. The molecule has 2 N–H and O–H groups in total. The minimum atomic E-state index is 0.426. The summed E-state index contributed by atoms with van der Waals surface area (Å²) < 4.78 is 7.23. The Morgan fingerprint density at radius 3 is 3.00 bits per heavy atom. The first-order chi connectivity index (χ1) is 7.74. The van der Waals surface area contributed by atoms with Crippen molar-refractivity contribution in [1.82, 2.24) is 15.0 Å². The summed E-state index contributed by atoms with van der Waals surface area (Å²) in [6, 6.07) is 7.93. The predicted octanol–water partition coefficient (Wildman–Crippen LogP) is 1.25. The fourth-order valence-electron chi connectivity index (χ4n) is 1.38. The van der Waals surface area contributed by atoms with E-state index in [0.29, 0.717) is 19.0 Å². The van der Waals surface area contributed by atoms with Crippen LogP contribution in [0.3, 0.4) is 0 Å². The molecule has 0 unspecified atom stereocenters. The van der Waals surface area contributed by atoms with Crippen LogP contribution in [-0.4, -0.2) is 21.6 Å². The first-order valence-corrected chi connectivity index (χ1v) is 5.09. The van der Waals surface area contributed by atoms with Gasteiger partial charge in [0.15, 0.2) is 5.82 Å². The van der Waals surface area contributed by atoms with E-state index in [4.69, 9.17) is 10.5 Å². The zero-order valence-corrected chi connectivity index (χ0v) is 9.13. The van der Waals surface area contributed by atoms with Gasteiger partial charge < -0.3 is 10.5 Å². The molecule has 84 valence electrons. The van der Waals surface area contributed by atoms with Gasteiger partial charge >= 0.3 is 0 Å². The molecule has 0 aliphatic carbocycles. The summed E-state index contributed by atoms with van der Waals surface area (Å²) in [6.45, 7) is 3.22. The van der Waals surface area contributed by atoms with Gasteiger partial charge in [-0.05, 0) is 24.6 Å². The Labute approximate surface area is 93.8 Å². The van der Waals surface area contributed by atoms with E-state index < -0.39 is 0 Å². The van der Waals surface area contributed by atoms with Gasteiger partial charge in [0.05, 0.1) is 12.7 Å². The fourth-order valence-corrected chi connectivity index (χ4v) is 1.38. The highest BCUT2D eigenvalue weighted by atomic mass is 16.5. The SMILES string of the molecule is Cc1cccc(OCCn2cc(N)nn2)c1. The fraction of sp³-hybridized carbons (Fsp3) is 0.273. The maximum atomic E-state index is 5.57. The van der Waals surface area contributed by atoms with Gasteiger partial charge in [-0.25, -0.2) is 4.68 Å². The van der Waals surface area contributed by atoms with Crippen LogP contribution >= 0.6 is 0 Å². The molecule has 0 atom stereocenters.